The highest BCUT2D eigenvalue weighted by Gasteiger charge is 2.39. The Hall–Kier alpha value is -0.900. The number of methoxy groups -OCH3 is 1. The first-order valence-electron chi connectivity index (χ1n) is 22.5. The standard InChI is InChI=1S/C47H79NO2/c1-35(2)50-47-34-41(46(49-4)33-42(47)26-19-38-13-9-6-10-14-38)25-20-40-23-31-45(32-24-40)48(43-27-15-36(3)16-28-43)44-29-21-39(22-30-44)18-17-37-11-7-5-8-12-37/h17-20,25-26,35-47H,5-16,21-24,27-34H2,1-4H3/b18-17-,25-20-,26-19-. The molecule has 0 spiro atoms. The number of rotatable bonds is 12. The maximum atomic E-state index is 6.62. The Bertz CT molecular complexity index is 1030. The van der Waals surface area contributed by atoms with Crippen LogP contribution >= 0.6 is 0 Å². The van der Waals surface area contributed by atoms with Crippen molar-refractivity contribution >= 4 is 0 Å². The van der Waals surface area contributed by atoms with Gasteiger partial charge in [-0.1, -0.05) is 81.9 Å². The van der Waals surface area contributed by atoms with Crippen molar-refractivity contribution in [1.29, 1.82) is 0 Å². The summed E-state index contributed by atoms with van der Waals surface area (Å²) in [6, 6.07) is 2.47. The molecule has 6 aliphatic rings. The topological polar surface area (TPSA) is 21.7 Å². The largest absolute Gasteiger partial charge is 0.381 e. The molecule has 0 amide bonds. The summed E-state index contributed by atoms with van der Waals surface area (Å²) >= 11 is 0. The van der Waals surface area contributed by atoms with Crippen molar-refractivity contribution in [2.45, 2.75) is 211 Å². The van der Waals surface area contributed by atoms with E-state index in [0.717, 1.165) is 60.6 Å². The van der Waals surface area contributed by atoms with Gasteiger partial charge in [0.2, 0.25) is 0 Å². The molecule has 6 saturated carbocycles. The molecule has 6 rings (SSSR count). The zero-order valence-electron chi connectivity index (χ0n) is 33.2. The van der Waals surface area contributed by atoms with Gasteiger partial charge in [-0.3, -0.25) is 4.90 Å². The molecule has 3 nitrogen and oxygen atoms in total. The van der Waals surface area contributed by atoms with Gasteiger partial charge in [0.25, 0.3) is 0 Å². The average molecular weight is 690 g/mol. The molecule has 0 bridgehead atoms. The average Bonchev–Trinajstić information content (AvgIpc) is 3.15. The van der Waals surface area contributed by atoms with E-state index in [-0.39, 0.29) is 6.10 Å². The van der Waals surface area contributed by atoms with Crippen LogP contribution in [0, 0.1) is 41.4 Å². The second kappa shape index (κ2) is 20.0. The molecule has 4 atom stereocenters. The summed E-state index contributed by atoms with van der Waals surface area (Å²) in [5.74, 6) is 5.09. The van der Waals surface area contributed by atoms with Crippen LogP contribution in [0.4, 0.5) is 0 Å². The van der Waals surface area contributed by atoms with Crippen LogP contribution in [0.1, 0.15) is 175 Å². The lowest BCUT2D eigenvalue weighted by atomic mass is 9.75. The van der Waals surface area contributed by atoms with Crippen molar-refractivity contribution in [2.75, 3.05) is 7.11 Å². The van der Waals surface area contributed by atoms with Gasteiger partial charge < -0.3 is 9.47 Å². The highest BCUT2D eigenvalue weighted by molar-refractivity contribution is 5.07. The van der Waals surface area contributed by atoms with Crippen molar-refractivity contribution in [3.63, 3.8) is 0 Å². The molecule has 0 aromatic heterocycles. The van der Waals surface area contributed by atoms with E-state index in [1.807, 2.05) is 7.11 Å². The second-order valence-electron chi connectivity index (χ2n) is 18.7. The Morgan fingerprint density at radius 1 is 0.460 bits per heavy atom. The van der Waals surface area contributed by atoms with Crippen LogP contribution in [0.15, 0.2) is 36.5 Å². The normalized spacial score (nSPS) is 39.0. The Morgan fingerprint density at radius 3 is 1.28 bits per heavy atom. The minimum atomic E-state index is 0.271. The maximum absolute atomic E-state index is 6.62. The second-order valence-corrected chi connectivity index (χ2v) is 18.7. The van der Waals surface area contributed by atoms with E-state index in [1.54, 1.807) is 0 Å². The zero-order chi connectivity index (χ0) is 34.7. The summed E-state index contributed by atoms with van der Waals surface area (Å²) in [5, 5.41) is 0. The number of allylic oxidation sites excluding steroid dienone is 4. The summed E-state index contributed by atoms with van der Waals surface area (Å²) in [6.45, 7) is 6.92. The molecule has 0 aromatic rings. The molecule has 284 valence electrons. The monoisotopic (exact) mass is 690 g/mol. The highest BCUT2D eigenvalue weighted by Crippen LogP contribution is 2.41. The fourth-order valence-corrected chi connectivity index (χ4v) is 11.6. The quantitative estimate of drug-likeness (QED) is 0.190. The van der Waals surface area contributed by atoms with Gasteiger partial charge in [-0.15, -0.1) is 0 Å². The molecule has 0 radical (unpaired) electrons. The van der Waals surface area contributed by atoms with Crippen LogP contribution < -0.4 is 0 Å². The Morgan fingerprint density at radius 2 is 0.840 bits per heavy atom. The summed E-state index contributed by atoms with van der Waals surface area (Å²) in [7, 11) is 1.95. The van der Waals surface area contributed by atoms with Crippen molar-refractivity contribution in [1.82, 2.24) is 4.90 Å². The number of nitrogens with zero attached hydrogens (tertiary/aromatic N) is 1. The van der Waals surface area contributed by atoms with Crippen LogP contribution in [0.3, 0.4) is 0 Å². The summed E-state index contributed by atoms with van der Waals surface area (Å²) in [6.07, 6.45) is 49.9. The molecule has 0 saturated heterocycles. The van der Waals surface area contributed by atoms with Gasteiger partial charge in [-0.25, -0.2) is 0 Å². The number of ether oxygens (including phenoxy) is 2. The van der Waals surface area contributed by atoms with E-state index < -0.39 is 0 Å². The van der Waals surface area contributed by atoms with Crippen LogP contribution in [-0.2, 0) is 9.47 Å². The molecular formula is C47H79NO2. The predicted molar refractivity (Wildman–Crippen MR) is 212 cm³/mol. The molecule has 0 aromatic carbocycles. The first kappa shape index (κ1) is 38.8. The van der Waals surface area contributed by atoms with Crippen molar-refractivity contribution in [3.8, 4) is 0 Å². The van der Waals surface area contributed by atoms with Crippen LogP contribution in [-0.4, -0.2) is 48.4 Å². The third kappa shape index (κ3) is 11.3. The Kier molecular flexibility index (Phi) is 15.5. The Labute approximate surface area is 309 Å². The third-order valence-electron chi connectivity index (χ3n) is 14.7. The minimum absolute atomic E-state index is 0.271. The molecule has 0 N–H and O–H groups in total. The lowest BCUT2D eigenvalue weighted by molar-refractivity contribution is -0.0792. The lowest BCUT2D eigenvalue weighted by Gasteiger charge is -2.49. The smallest absolute Gasteiger partial charge is 0.0648 e. The van der Waals surface area contributed by atoms with Gasteiger partial charge in [-0.2, -0.15) is 0 Å². The summed E-state index contributed by atoms with van der Waals surface area (Å²) in [4.78, 5) is 3.17. The van der Waals surface area contributed by atoms with Crippen LogP contribution in [0.2, 0.25) is 0 Å². The van der Waals surface area contributed by atoms with Crippen molar-refractivity contribution in [3.05, 3.63) is 36.5 Å². The maximum Gasteiger partial charge on any atom is 0.0648 e. The molecule has 6 fully saturated rings. The van der Waals surface area contributed by atoms with Gasteiger partial charge in [0.1, 0.15) is 0 Å². The fourth-order valence-electron chi connectivity index (χ4n) is 11.6. The molecule has 0 heterocycles. The Balaban J connectivity index is 1.03. The number of hydrogen-bond donors (Lipinski definition) is 0. The molecule has 50 heavy (non-hydrogen) atoms. The first-order chi connectivity index (χ1) is 24.4. The van der Waals surface area contributed by atoms with Gasteiger partial charge >= 0.3 is 0 Å². The zero-order valence-corrected chi connectivity index (χ0v) is 33.2. The molecule has 0 aliphatic heterocycles. The molecule has 3 heteroatoms. The summed E-state index contributed by atoms with van der Waals surface area (Å²) < 4.78 is 12.8. The van der Waals surface area contributed by atoms with E-state index in [9.17, 15) is 0 Å². The molecular weight excluding hydrogens is 611 g/mol. The van der Waals surface area contributed by atoms with Gasteiger partial charge in [0.05, 0.1) is 18.3 Å². The third-order valence-corrected chi connectivity index (χ3v) is 14.7. The fraction of sp³-hybridized carbons (Fsp3) is 0.872. The van der Waals surface area contributed by atoms with E-state index in [0.29, 0.717) is 24.0 Å². The lowest BCUT2D eigenvalue weighted by Crippen LogP contribution is -2.52. The van der Waals surface area contributed by atoms with Gasteiger partial charge in [0.15, 0.2) is 0 Å². The van der Waals surface area contributed by atoms with Gasteiger partial charge in [-0.05, 0) is 159 Å². The van der Waals surface area contributed by atoms with Gasteiger partial charge in [0, 0.05) is 37.1 Å². The van der Waals surface area contributed by atoms with Crippen molar-refractivity contribution in [2.24, 2.45) is 41.4 Å². The summed E-state index contributed by atoms with van der Waals surface area (Å²) in [5.41, 5.74) is 0. The SMILES string of the molecule is COC1CC(/C=C\C2CCCCC2)C(OC(C)C)CC1/C=C\C1CCC(N(C2CCC(C)CC2)C2CCC(/C=C\C3CCCCC3)CC2)CC1. The van der Waals surface area contributed by atoms with Crippen molar-refractivity contribution < 1.29 is 9.47 Å². The van der Waals surface area contributed by atoms with Crippen LogP contribution in [0.25, 0.3) is 0 Å². The minimum Gasteiger partial charge on any atom is -0.381 e. The van der Waals surface area contributed by atoms with E-state index in [4.69, 9.17) is 9.47 Å². The highest BCUT2D eigenvalue weighted by atomic mass is 16.5. The van der Waals surface area contributed by atoms with Crippen LogP contribution in [0.5, 0.6) is 0 Å². The van der Waals surface area contributed by atoms with E-state index in [2.05, 4.69) is 62.1 Å². The molecule has 6 aliphatic carbocycles. The first-order valence-corrected chi connectivity index (χ1v) is 22.5. The molecule has 4 unspecified atom stereocenters. The van der Waals surface area contributed by atoms with E-state index >= 15 is 0 Å². The number of hydrogen-bond acceptors (Lipinski definition) is 3. The van der Waals surface area contributed by atoms with E-state index in [1.165, 1.54) is 141 Å². The predicted octanol–water partition coefficient (Wildman–Crippen LogP) is 12.6.